The molecule has 0 bridgehead atoms. The van der Waals surface area contributed by atoms with Gasteiger partial charge in [-0.2, -0.15) is 0 Å². The van der Waals surface area contributed by atoms with Crippen LogP contribution in [0.1, 0.15) is 26.0 Å². The average molecular weight is 269 g/mol. The van der Waals surface area contributed by atoms with E-state index in [4.69, 9.17) is 4.98 Å². The molecular weight excluding hydrogens is 246 g/mol. The third-order valence-corrected chi connectivity index (χ3v) is 4.20. The van der Waals surface area contributed by atoms with E-state index in [9.17, 15) is 0 Å². The van der Waals surface area contributed by atoms with Gasteiger partial charge in [0.1, 0.15) is 0 Å². The van der Waals surface area contributed by atoms with Crippen molar-refractivity contribution in [2.75, 3.05) is 18.5 Å². The van der Waals surface area contributed by atoms with Gasteiger partial charge < -0.3 is 10.2 Å². The summed E-state index contributed by atoms with van der Waals surface area (Å²) in [5, 5.41) is 4.48. The van der Waals surface area contributed by atoms with Gasteiger partial charge in [0.25, 0.3) is 0 Å². The van der Waals surface area contributed by atoms with Crippen LogP contribution in [0.5, 0.6) is 0 Å². The molecule has 20 heavy (non-hydrogen) atoms. The minimum absolute atomic E-state index is 0.609. The smallest absolute Gasteiger partial charge is 0.0726 e. The zero-order chi connectivity index (χ0) is 14.1. The van der Waals surface area contributed by atoms with E-state index < -0.39 is 0 Å². The summed E-state index contributed by atoms with van der Waals surface area (Å²) in [7, 11) is 1.97. The van der Waals surface area contributed by atoms with Crippen molar-refractivity contribution in [3.63, 3.8) is 0 Å². The van der Waals surface area contributed by atoms with Gasteiger partial charge in [0, 0.05) is 30.2 Å². The zero-order valence-corrected chi connectivity index (χ0v) is 12.6. The van der Waals surface area contributed by atoms with Crippen molar-refractivity contribution in [2.45, 2.75) is 32.9 Å². The number of hydrogen-bond donors (Lipinski definition) is 1. The van der Waals surface area contributed by atoms with E-state index in [1.165, 1.54) is 17.5 Å². The molecule has 2 atom stereocenters. The fourth-order valence-electron chi connectivity index (χ4n) is 3.36. The van der Waals surface area contributed by atoms with Crippen LogP contribution >= 0.6 is 0 Å². The molecule has 1 aliphatic rings. The molecule has 3 heteroatoms. The van der Waals surface area contributed by atoms with Gasteiger partial charge in [0.15, 0.2) is 0 Å². The molecule has 0 aliphatic carbocycles. The maximum atomic E-state index is 4.75. The highest BCUT2D eigenvalue weighted by molar-refractivity contribution is 5.92. The van der Waals surface area contributed by atoms with Crippen LogP contribution in [0.25, 0.3) is 10.9 Å². The predicted molar refractivity (Wildman–Crippen MR) is 85.1 cm³/mol. The van der Waals surface area contributed by atoms with Gasteiger partial charge in [0.2, 0.25) is 0 Å². The Morgan fingerprint density at radius 2 is 2.10 bits per heavy atom. The fourth-order valence-corrected chi connectivity index (χ4v) is 3.36. The van der Waals surface area contributed by atoms with Gasteiger partial charge in [-0.25, -0.2) is 0 Å². The summed E-state index contributed by atoms with van der Waals surface area (Å²) in [4.78, 5) is 7.30. The lowest BCUT2D eigenvalue weighted by Crippen LogP contribution is -2.27. The molecule has 3 nitrogen and oxygen atoms in total. The first-order chi connectivity index (χ1) is 9.69. The molecule has 1 N–H and O–H groups in total. The van der Waals surface area contributed by atoms with Crippen molar-refractivity contribution in [3.05, 3.63) is 36.0 Å². The third-order valence-electron chi connectivity index (χ3n) is 4.20. The molecule has 106 valence electrons. The summed E-state index contributed by atoms with van der Waals surface area (Å²) in [6.45, 7) is 6.63. The van der Waals surface area contributed by atoms with E-state index in [-0.39, 0.29) is 0 Å². The minimum Gasteiger partial charge on any atom is -0.368 e. The number of nitrogens with zero attached hydrogens (tertiary/aromatic N) is 2. The SMILES string of the molecule is CNCc1cc(N2CC(C)CC2C)c2ccccc2n1. The Kier molecular flexibility index (Phi) is 3.62. The molecule has 1 fully saturated rings. The maximum Gasteiger partial charge on any atom is 0.0726 e. The van der Waals surface area contributed by atoms with E-state index >= 15 is 0 Å². The Morgan fingerprint density at radius 1 is 1.30 bits per heavy atom. The van der Waals surface area contributed by atoms with Crippen molar-refractivity contribution in [1.82, 2.24) is 10.3 Å². The summed E-state index contributed by atoms with van der Waals surface area (Å²) in [6, 6.07) is 11.3. The quantitative estimate of drug-likeness (QED) is 0.927. The standard InChI is InChI=1S/C17H23N3/c1-12-8-13(2)20(11-12)17-9-14(10-18-3)19-16-7-5-4-6-15(16)17/h4-7,9,12-13,18H,8,10-11H2,1-3H3. The lowest BCUT2D eigenvalue weighted by Gasteiger charge is -2.26. The molecule has 1 saturated heterocycles. The van der Waals surface area contributed by atoms with E-state index in [0.29, 0.717) is 6.04 Å². The molecule has 1 aliphatic heterocycles. The van der Waals surface area contributed by atoms with Crippen LogP contribution in [-0.4, -0.2) is 24.6 Å². The van der Waals surface area contributed by atoms with Crippen LogP contribution in [0.3, 0.4) is 0 Å². The highest BCUT2D eigenvalue weighted by atomic mass is 15.2. The number of rotatable bonds is 3. The highest BCUT2D eigenvalue weighted by Crippen LogP contribution is 2.34. The Balaban J connectivity index is 2.12. The van der Waals surface area contributed by atoms with Crippen molar-refractivity contribution in [2.24, 2.45) is 5.92 Å². The Bertz CT molecular complexity index is 608. The molecule has 0 spiro atoms. The fraction of sp³-hybridized carbons (Fsp3) is 0.471. The van der Waals surface area contributed by atoms with Crippen molar-refractivity contribution >= 4 is 16.6 Å². The molecule has 2 heterocycles. The van der Waals surface area contributed by atoms with Crippen molar-refractivity contribution in [3.8, 4) is 0 Å². The monoisotopic (exact) mass is 269 g/mol. The predicted octanol–water partition coefficient (Wildman–Crippen LogP) is 3.19. The molecule has 2 aromatic rings. The average Bonchev–Trinajstić information content (AvgIpc) is 2.77. The van der Waals surface area contributed by atoms with E-state index in [1.54, 1.807) is 0 Å². The third kappa shape index (κ3) is 2.38. The lowest BCUT2D eigenvalue weighted by molar-refractivity contribution is 0.625. The molecule has 0 radical (unpaired) electrons. The van der Waals surface area contributed by atoms with Crippen LogP contribution in [0.4, 0.5) is 5.69 Å². The van der Waals surface area contributed by atoms with Crippen LogP contribution in [-0.2, 0) is 6.54 Å². The minimum atomic E-state index is 0.609. The lowest BCUT2D eigenvalue weighted by atomic mass is 10.1. The van der Waals surface area contributed by atoms with Crippen molar-refractivity contribution < 1.29 is 0 Å². The van der Waals surface area contributed by atoms with Gasteiger partial charge >= 0.3 is 0 Å². The molecular formula is C17H23N3. The molecule has 1 aromatic heterocycles. The van der Waals surface area contributed by atoms with E-state index in [1.807, 2.05) is 7.05 Å². The normalized spacial score (nSPS) is 22.6. The second-order valence-corrected chi connectivity index (χ2v) is 6.02. The highest BCUT2D eigenvalue weighted by Gasteiger charge is 2.27. The van der Waals surface area contributed by atoms with Crippen LogP contribution in [0.15, 0.2) is 30.3 Å². The van der Waals surface area contributed by atoms with E-state index in [0.717, 1.165) is 30.2 Å². The summed E-state index contributed by atoms with van der Waals surface area (Å²) < 4.78 is 0. The number of pyridine rings is 1. The van der Waals surface area contributed by atoms with Gasteiger partial charge in [0.05, 0.1) is 11.2 Å². The van der Waals surface area contributed by atoms with Crippen molar-refractivity contribution in [1.29, 1.82) is 0 Å². The van der Waals surface area contributed by atoms with Gasteiger partial charge in [-0.1, -0.05) is 25.1 Å². The number of nitrogens with one attached hydrogen (secondary N) is 1. The second-order valence-electron chi connectivity index (χ2n) is 6.02. The summed E-state index contributed by atoms with van der Waals surface area (Å²) in [5.41, 5.74) is 3.56. The van der Waals surface area contributed by atoms with Gasteiger partial charge in [-0.3, -0.25) is 4.98 Å². The van der Waals surface area contributed by atoms with Crippen LogP contribution in [0, 0.1) is 5.92 Å². The number of fused-ring (bicyclic) bond motifs is 1. The number of hydrogen-bond acceptors (Lipinski definition) is 3. The zero-order valence-electron chi connectivity index (χ0n) is 12.6. The summed E-state index contributed by atoms with van der Waals surface area (Å²) in [6.07, 6.45) is 1.28. The number of anilines is 1. The molecule has 3 rings (SSSR count). The molecule has 0 amide bonds. The van der Waals surface area contributed by atoms with Gasteiger partial charge in [-0.05, 0) is 38.4 Å². The molecule has 1 aromatic carbocycles. The Morgan fingerprint density at radius 3 is 2.80 bits per heavy atom. The van der Waals surface area contributed by atoms with Crippen LogP contribution in [0.2, 0.25) is 0 Å². The first-order valence-electron chi connectivity index (χ1n) is 7.49. The topological polar surface area (TPSA) is 28.2 Å². The second kappa shape index (κ2) is 5.41. The first kappa shape index (κ1) is 13.4. The largest absolute Gasteiger partial charge is 0.368 e. The first-order valence-corrected chi connectivity index (χ1v) is 7.49. The maximum absolute atomic E-state index is 4.75. The van der Waals surface area contributed by atoms with Gasteiger partial charge in [-0.15, -0.1) is 0 Å². The number of para-hydroxylation sites is 1. The van der Waals surface area contributed by atoms with E-state index in [2.05, 4.69) is 54.4 Å². The molecule has 2 unspecified atom stereocenters. The Labute approximate surface area is 121 Å². The Hall–Kier alpha value is -1.61. The number of aromatic nitrogens is 1. The van der Waals surface area contributed by atoms with Crippen LogP contribution < -0.4 is 10.2 Å². The summed E-state index contributed by atoms with van der Waals surface area (Å²) in [5.74, 6) is 0.768. The molecule has 0 saturated carbocycles. The summed E-state index contributed by atoms with van der Waals surface area (Å²) >= 11 is 0. The number of benzene rings is 1.